The van der Waals surface area contributed by atoms with E-state index in [1.54, 1.807) is 17.5 Å². The standard InChI is InChI=1S/C14H13FN2O2S/c15-10-5-9-7-17(8-13-16-2-4-20-13)3-1-11(9)12(6-10)14(18)19/h2,4-6H,1,3,7-8H2,(H,18,19). The van der Waals surface area contributed by atoms with E-state index >= 15 is 0 Å². The largest absolute Gasteiger partial charge is 0.478 e. The molecule has 0 radical (unpaired) electrons. The molecule has 1 aliphatic rings. The molecule has 3 rings (SSSR count). The lowest BCUT2D eigenvalue weighted by Crippen LogP contribution is -2.31. The van der Waals surface area contributed by atoms with Gasteiger partial charge in [0.05, 0.1) is 12.1 Å². The highest BCUT2D eigenvalue weighted by Crippen LogP contribution is 2.25. The third-order valence-electron chi connectivity index (χ3n) is 3.45. The number of carboxylic acid groups (broad SMARTS) is 1. The van der Waals surface area contributed by atoms with Crippen molar-refractivity contribution in [2.24, 2.45) is 0 Å². The van der Waals surface area contributed by atoms with E-state index < -0.39 is 11.8 Å². The van der Waals surface area contributed by atoms with Gasteiger partial charge in [-0.2, -0.15) is 0 Å². The molecule has 0 amide bonds. The topological polar surface area (TPSA) is 53.4 Å². The molecule has 2 heterocycles. The Morgan fingerprint density at radius 3 is 3.05 bits per heavy atom. The Labute approximate surface area is 119 Å². The summed E-state index contributed by atoms with van der Waals surface area (Å²) in [4.78, 5) is 17.6. The number of thiazole rings is 1. The second-order valence-corrected chi connectivity index (χ2v) is 5.76. The number of rotatable bonds is 3. The predicted molar refractivity (Wildman–Crippen MR) is 73.3 cm³/mol. The summed E-state index contributed by atoms with van der Waals surface area (Å²) in [6.45, 7) is 2.04. The maximum atomic E-state index is 13.5. The van der Waals surface area contributed by atoms with Gasteiger partial charge in [-0.25, -0.2) is 14.2 Å². The van der Waals surface area contributed by atoms with Crippen molar-refractivity contribution in [2.45, 2.75) is 19.5 Å². The van der Waals surface area contributed by atoms with Gasteiger partial charge in [0.1, 0.15) is 10.8 Å². The molecule has 1 N–H and O–H groups in total. The molecule has 2 aromatic rings. The van der Waals surface area contributed by atoms with E-state index in [9.17, 15) is 9.18 Å². The van der Waals surface area contributed by atoms with E-state index in [2.05, 4.69) is 9.88 Å². The maximum absolute atomic E-state index is 13.5. The van der Waals surface area contributed by atoms with E-state index in [4.69, 9.17) is 5.11 Å². The van der Waals surface area contributed by atoms with Crippen LogP contribution in [0.1, 0.15) is 26.5 Å². The molecule has 0 bridgehead atoms. The number of aromatic nitrogens is 1. The molecule has 0 spiro atoms. The van der Waals surface area contributed by atoms with Crippen molar-refractivity contribution in [1.29, 1.82) is 0 Å². The Kier molecular flexibility index (Phi) is 3.50. The molecule has 0 unspecified atom stereocenters. The Hall–Kier alpha value is -1.79. The van der Waals surface area contributed by atoms with Gasteiger partial charge in [-0.3, -0.25) is 4.90 Å². The fourth-order valence-corrected chi connectivity index (χ4v) is 3.23. The second kappa shape index (κ2) is 5.30. The molecule has 0 saturated heterocycles. The summed E-state index contributed by atoms with van der Waals surface area (Å²) in [7, 11) is 0. The molecule has 0 atom stereocenters. The quantitative estimate of drug-likeness (QED) is 0.944. The highest BCUT2D eigenvalue weighted by atomic mass is 32.1. The molecule has 1 aliphatic heterocycles. The molecular formula is C14H13FN2O2S. The molecule has 104 valence electrons. The Bertz CT molecular complexity index is 643. The summed E-state index contributed by atoms with van der Waals surface area (Å²) in [5.74, 6) is -1.55. The molecule has 0 fully saturated rings. The SMILES string of the molecule is O=C(O)c1cc(F)cc2c1CCN(Cc1nccs1)C2. The van der Waals surface area contributed by atoms with Crippen LogP contribution >= 0.6 is 11.3 Å². The number of fused-ring (bicyclic) bond motifs is 1. The second-order valence-electron chi connectivity index (χ2n) is 4.78. The third kappa shape index (κ3) is 2.57. The monoisotopic (exact) mass is 292 g/mol. The number of hydrogen-bond acceptors (Lipinski definition) is 4. The van der Waals surface area contributed by atoms with Crippen LogP contribution in [0, 0.1) is 5.82 Å². The lowest BCUT2D eigenvalue weighted by molar-refractivity contribution is 0.0694. The van der Waals surface area contributed by atoms with Gasteiger partial charge in [-0.05, 0) is 29.7 Å². The van der Waals surface area contributed by atoms with Crippen LogP contribution in [0.15, 0.2) is 23.7 Å². The highest BCUT2D eigenvalue weighted by molar-refractivity contribution is 7.09. The summed E-state index contributed by atoms with van der Waals surface area (Å²) in [5, 5.41) is 12.1. The minimum Gasteiger partial charge on any atom is -0.478 e. The molecule has 1 aromatic heterocycles. The number of carbonyl (C=O) groups is 1. The van der Waals surface area contributed by atoms with Crippen LogP contribution in [0.3, 0.4) is 0 Å². The van der Waals surface area contributed by atoms with Gasteiger partial charge in [0.2, 0.25) is 0 Å². The van der Waals surface area contributed by atoms with Gasteiger partial charge in [0.15, 0.2) is 0 Å². The van der Waals surface area contributed by atoms with Crippen LogP contribution in [-0.2, 0) is 19.5 Å². The lowest BCUT2D eigenvalue weighted by Gasteiger charge is -2.28. The van der Waals surface area contributed by atoms with Crippen molar-refractivity contribution >= 4 is 17.3 Å². The Morgan fingerprint density at radius 1 is 1.50 bits per heavy atom. The summed E-state index contributed by atoms with van der Waals surface area (Å²) in [5.41, 5.74) is 1.62. The van der Waals surface area contributed by atoms with Crippen LogP contribution in [0.2, 0.25) is 0 Å². The number of aromatic carboxylic acids is 1. The van der Waals surface area contributed by atoms with Crippen molar-refractivity contribution < 1.29 is 14.3 Å². The van der Waals surface area contributed by atoms with Crippen LogP contribution < -0.4 is 0 Å². The first kappa shape index (κ1) is 13.2. The fraction of sp³-hybridized carbons (Fsp3) is 0.286. The Balaban J connectivity index is 1.86. The zero-order chi connectivity index (χ0) is 14.1. The van der Waals surface area contributed by atoms with Gasteiger partial charge >= 0.3 is 5.97 Å². The number of carboxylic acids is 1. The van der Waals surface area contributed by atoms with Gasteiger partial charge in [0.25, 0.3) is 0 Å². The van der Waals surface area contributed by atoms with Crippen molar-refractivity contribution in [3.8, 4) is 0 Å². The number of nitrogens with zero attached hydrogens (tertiary/aromatic N) is 2. The van der Waals surface area contributed by atoms with Crippen LogP contribution in [0.4, 0.5) is 4.39 Å². The zero-order valence-corrected chi connectivity index (χ0v) is 11.5. The average Bonchev–Trinajstić information content (AvgIpc) is 2.90. The van der Waals surface area contributed by atoms with E-state index in [1.807, 2.05) is 5.38 Å². The maximum Gasteiger partial charge on any atom is 0.336 e. The zero-order valence-electron chi connectivity index (χ0n) is 10.7. The average molecular weight is 292 g/mol. The van der Waals surface area contributed by atoms with Gasteiger partial charge in [-0.1, -0.05) is 0 Å². The smallest absolute Gasteiger partial charge is 0.336 e. The minimum absolute atomic E-state index is 0.0916. The molecular weight excluding hydrogens is 279 g/mol. The van der Waals surface area contributed by atoms with E-state index in [-0.39, 0.29) is 5.56 Å². The predicted octanol–water partition coefficient (Wildman–Crippen LogP) is 2.54. The van der Waals surface area contributed by atoms with E-state index in [1.165, 1.54) is 6.07 Å². The van der Waals surface area contributed by atoms with Crippen molar-refractivity contribution in [3.05, 3.63) is 51.2 Å². The van der Waals surface area contributed by atoms with E-state index in [0.29, 0.717) is 13.0 Å². The van der Waals surface area contributed by atoms with Crippen LogP contribution in [0.5, 0.6) is 0 Å². The van der Waals surface area contributed by atoms with Crippen molar-refractivity contribution in [2.75, 3.05) is 6.54 Å². The summed E-state index contributed by atoms with van der Waals surface area (Å²) >= 11 is 1.59. The summed E-state index contributed by atoms with van der Waals surface area (Å²) in [6.07, 6.45) is 2.39. The normalized spacial score (nSPS) is 15.1. The van der Waals surface area contributed by atoms with Gasteiger partial charge in [0, 0.05) is 24.7 Å². The number of benzene rings is 1. The molecule has 20 heavy (non-hydrogen) atoms. The highest BCUT2D eigenvalue weighted by Gasteiger charge is 2.23. The molecule has 6 heteroatoms. The van der Waals surface area contributed by atoms with Crippen molar-refractivity contribution in [1.82, 2.24) is 9.88 Å². The summed E-state index contributed by atoms with van der Waals surface area (Å²) < 4.78 is 13.5. The molecule has 0 saturated carbocycles. The minimum atomic E-state index is -1.06. The third-order valence-corrected chi connectivity index (χ3v) is 4.22. The first-order valence-electron chi connectivity index (χ1n) is 6.29. The molecule has 4 nitrogen and oxygen atoms in total. The number of halogens is 1. The van der Waals surface area contributed by atoms with Crippen LogP contribution in [0.25, 0.3) is 0 Å². The van der Waals surface area contributed by atoms with Gasteiger partial charge < -0.3 is 5.11 Å². The van der Waals surface area contributed by atoms with Gasteiger partial charge in [-0.15, -0.1) is 11.3 Å². The van der Waals surface area contributed by atoms with Crippen LogP contribution in [-0.4, -0.2) is 27.5 Å². The number of hydrogen-bond donors (Lipinski definition) is 1. The first-order chi connectivity index (χ1) is 9.63. The fourth-order valence-electron chi connectivity index (χ4n) is 2.57. The lowest BCUT2D eigenvalue weighted by atomic mass is 9.94. The summed E-state index contributed by atoms with van der Waals surface area (Å²) in [6, 6.07) is 2.55. The first-order valence-corrected chi connectivity index (χ1v) is 7.17. The van der Waals surface area contributed by atoms with Crippen molar-refractivity contribution in [3.63, 3.8) is 0 Å². The molecule has 1 aromatic carbocycles. The van der Waals surface area contributed by atoms with E-state index in [0.717, 1.165) is 35.3 Å². The molecule has 0 aliphatic carbocycles. The Morgan fingerprint density at radius 2 is 2.35 bits per heavy atom.